The Balaban J connectivity index is 1.85. The van der Waals surface area contributed by atoms with E-state index in [0.29, 0.717) is 22.3 Å². The zero-order valence-corrected chi connectivity index (χ0v) is 17.5. The first kappa shape index (κ1) is 20.4. The molecule has 2 N–H and O–H groups in total. The second-order valence-corrected chi connectivity index (χ2v) is 7.28. The van der Waals surface area contributed by atoms with Gasteiger partial charge in [0.25, 0.3) is 5.91 Å². The van der Waals surface area contributed by atoms with Crippen LogP contribution >= 0.6 is 0 Å². The monoisotopic (exact) mass is 412 g/mol. The van der Waals surface area contributed by atoms with Crippen molar-refractivity contribution in [1.29, 1.82) is 0 Å². The number of benzene rings is 3. The molecule has 156 valence electrons. The highest BCUT2D eigenvalue weighted by molar-refractivity contribution is 6.10. The fourth-order valence-corrected chi connectivity index (χ4v) is 3.73. The minimum absolute atomic E-state index is 0.135. The number of hydrogen-bond donors (Lipinski definition) is 2. The molecule has 0 saturated carbocycles. The SMILES string of the molecule is CC[C@H](NC(=O)c1c(O)c(-c2ccccc2)nc2cc(OC)ccc12)c1ccccc1. The molecule has 0 spiro atoms. The van der Waals surface area contributed by atoms with Crippen molar-refractivity contribution in [3.05, 3.63) is 90.0 Å². The number of pyridine rings is 1. The van der Waals surface area contributed by atoms with Gasteiger partial charge in [-0.05, 0) is 24.1 Å². The van der Waals surface area contributed by atoms with Crippen LogP contribution in [0.15, 0.2) is 78.9 Å². The summed E-state index contributed by atoms with van der Waals surface area (Å²) in [5.74, 6) is 0.152. The van der Waals surface area contributed by atoms with Crippen molar-refractivity contribution in [3.63, 3.8) is 0 Å². The van der Waals surface area contributed by atoms with Crippen molar-refractivity contribution in [2.24, 2.45) is 0 Å². The molecule has 0 aliphatic heterocycles. The standard InChI is InChI=1S/C26H24N2O3/c1-3-21(17-10-6-4-7-11-17)28-26(30)23-20-15-14-19(31-2)16-22(20)27-24(25(23)29)18-12-8-5-9-13-18/h4-16,21,29H,3H2,1-2H3,(H,28,30)/t21-/m0/s1. The van der Waals surface area contributed by atoms with Gasteiger partial charge in [-0.3, -0.25) is 4.79 Å². The Morgan fingerprint density at radius 2 is 1.71 bits per heavy atom. The molecule has 5 nitrogen and oxygen atoms in total. The lowest BCUT2D eigenvalue weighted by molar-refractivity contribution is 0.0934. The van der Waals surface area contributed by atoms with E-state index in [4.69, 9.17) is 4.74 Å². The number of aromatic nitrogens is 1. The number of carbonyl (C=O) groups excluding carboxylic acids is 1. The molecule has 1 atom stereocenters. The highest BCUT2D eigenvalue weighted by Gasteiger charge is 2.23. The molecule has 0 aliphatic rings. The molecule has 0 fully saturated rings. The van der Waals surface area contributed by atoms with Crippen LogP contribution in [-0.2, 0) is 0 Å². The highest BCUT2D eigenvalue weighted by atomic mass is 16.5. The van der Waals surface area contributed by atoms with Gasteiger partial charge in [0.1, 0.15) is 11.4 Å². The summed E-state index contributed by atoms with van der Waals surface area (Å²) in [5, 5.41) is 14.8. The number of hydrogen-bond acceptors (Lipinski definition) is 4. The third-order valence-corrected chi connectivity index (χ3v) is 5.36. The van der Waals surface area contributed by atoms with Crippen LogP contribution in [0.1, 0.15) is 35.3 Å². The Morgan fingerprint density at radius 3 is 2.35 bits per heavy atom. The van der Waals surface area contributed by atoms with Gasteiger partial charge in [0, 0.05) is 17.0 Å². The van der Waals surface area contributed by atoms with Gasteiger partial charge in [-0.2, -0.15) is 0 Å². The Hall–Kier alpha value is -3.86. The van der Waals surface area contributed by atoms with E-state index in [0.717, 1.165) is 17.5 Å². The number of ether oxygens (including phenoxy) is 1. The van der Waals surface area contributed by atoms with Crippen molar-refractivity contribution in [2.75, 3.05) is 7.11 Å². The summed E-state index contributed by atoms with van der Waals surface area (Å²) < 4.78 is 5.34. The maximum atomic E-state index is 13.4. The second-order valence-electron chi connectivity index (χ2n) is 7.28. The van der Waals surface area contributed by atoms with Crippen LogP contribution in [0.4, 0.5) is 0 Å². The average molecular weight is 412 g/mol. The van der Waals surface area contributed by atoms with Gasteiger partial charge >= 0.3 is 0 Å². The van der Waals surface area contributed by atoms with Gasteiger partial charge in [0.2, 0.25) is 0 Å². The molecular weight excluding hydrogens is 388 g/mol. The molecule has 1 heterocycles. The van der Waals surface area contributed by atoms with Crippen molar-refractivity contribution >= 4 is 16.8 Å². The topological polar surface area (TPSA) is 71.5 Å². The number of methoxy groups -OCH3 is 1. The van der Waals surface area contributed by atoms with E-state index in [1.807, 2.05) is 67.6 Å². The molecule has 0 unspecified atom stereocenters. The number of nitrogens with one attached hydrogen (secondary N) is 1. The van der Waals surface area contributed by atoms with E-state index in [-0.39, 0.29) is 23.3 Å². The number of amides is 1. The van der Waals surface area contributed by atoms with Gasteiger partial charge in [-0.1, -0.05) is 67.6 Å². The average Bonchev–Trinajstić information content (AvgIpc) is 2.82. The largest absolute Gasteiger partial charge is 0.505 e. The molecule has 1 amide bonds. The number of carbonyl (C=O) groups is 1. The first-order valence-electron chi connectivity index (χ1n) is 10.2. The third kappa shape index (κ3) is 4.08. The molecule has 0 aliphatic carbocycles. The van der Waals surface area contributed by atoms with Gasteiger partial charge in [-0.15, -0.1) is 0 Å². The van der Waals surface area contributed by atoms with Gasteiger partial charge in [0.15, 0.2) is 5.75 Å². The maximum absolute atomic E-state index is 13.4. The van der Waals surface area contributed by atoms with E-state index in [9.17, 15) is 9.90 Å². The Kier molecular flexibility index (Phi) is 5.85. The molecule has 1 aromatic heterocycles. The highest BCUT2D eigenvalue weighted by Crippen LogP contribution is 2.36. The number of fused-ring (bicyclic) bond motifs is 1. The molecule has 31 heavy (non-hydrogen) atoms. The summed E-state index contributed by atoms with van der Waals surface area (Å²) in [7, 11) is 1.58. The zero-order valence-electron chi connectivity index (χ0n) is 17.5. The van der Waals surface area contributed by atoms with Gasteiger partial charge in [0.05, 0.1) is 24.2 Å². The van der Waals surface area contributed by atoms with Crippen LogP contribution in [-0.4, -0.2) is 23.1 Å². The van der Waals surface area contributed by atoms with Crippen LogP contribution in [0.5, 0.6) is 11.5 Å². The normalized spacial score (nSPS) is 11.8. The smallest absolute Gasteiger partial charge is 0.256 e. The van der Waals surface area contributed by atoms with Crippen LogP contribution in [0.3, 0.4) is 0 Å². The second kappa shape index (κ2) is 8.88. The fourth-order valence-electron chi connectivity index (χ4n) is 3.73. The van der Waals surface area contributed by atoms with E-state index in [1.165, 1.54) is 0 Å². The fraction of sp³-hybridized carbons (Fsp3) is 0.154. The minimum atomic E-state index is -0.344. The summed E-state index contributed by atoms with van der Waals surface area (Å²) in [4.78, 5) is 18.1. The first-order valence-corrected chi connectivity index (χ1v) is 10.2. The lowest BCUT2D eigenvalue weighted by Crippen LogP contribution is -2.28. The van der Waals surface area contributed by atoms with Gasteiger partial charge in [-0.25, -0.2) is 4.98 Å². The first-order chi connectivity index (χ1) is 15.1. The summed E-state index contributed by atoms with van der Waals surface area (Å²) >= 11 is 0. The summed E-state index contributed by atoms with van der Waals surface area (Å²) in [6.07, 6.45) is 0.721. The predicted molar refractivity (Wildman–Crippen MR) is 122 cm³/mol. The Bertz CT molecular complexity index is 1210. The number of aromatic hydroxyl groups is 1. The van der Waals surface area contributed by atoms with E-state index < -0.39 is 0 Å². The number of nitrogens with zero attached hydrogens (tertiary/aromatic N) is 1. The molecule has 0 bridgehead atoms. The van der Waals surface area contributed by atoms with Crippen LogP contribution in [0, 0.1) is 0 Å². The molecule has 0 radical (unpaired) electrons. The Labute approximate surface area is 181 Å². The van der Waals surface area contributed by atoms with Crippen molar-refractivity contribution in [1.82, 2.24) is 10.3 Å². The predicted octanol–water partition coefficient (Wildman–Crippen LogP) is 5.50. The molecular formula is C26H24N2O3. The van der Waals surface area contributed by atoms with Crippen LogP contribution in [0.25, 0.3) is 22.2 Å². The lowest BCUT2D eigenvalue weighted by Gasteiger charge is -2.19. The molecule has 4 aromatic rings. The van der Waals surface area contributed by atoms with E-state index in [2.05, 4.69) is 10.3 Å². The zero-order chi connectivity index (χ0) is 21.8. The van der Waals surface area contributed by atoms with Gasteiger partial charge < -0.3 is 15.2 Å². The van der Waals surface area contributed by atoms with E-state index >= 15 is 0 Å². The van der Waals surface area contributed by atoms with Crippen LogP contribution in [0.2, 0.25) is 0 Å². The summed E-state index contributed by atoms with van der Waals surface area (Å²) in [6.45, 7) is 2.02. The molecule has 0 saturated heterocycles. The molecule has 5 heteroatoms. The summed E-state index contributed by atoms with van der Waals surface area (Å²) in [5.41, 5.74) is 2.89. The van der Waals surface area contributed by atoms with Crippen molar-refractivity contribution in [3.8, 4) is 22.8 Å². The van der Waals surface area contributed by atoms with Crippen molar-refractivity contribution < 1.29 is 14.6 Å². The molecule has 3 aromatic carbocycles. The van der Waals surface area contributed by atoms with Crippen LogP contribution < -0.4 is 10.1 Å². The summed E-state index contributed by atoms with van der Waals surface area (Å²) in [6, 6.07) is 24.3. The third-order valence-electron chi connectivity index (χ3n) is 5.36. The maximum Gasteiger partial charge on any atom is 0.256 e. The van der Waals surface area contributed by atoms with Crippen molar-refractivity contribution in [2.45, 2.75) is 19.4 Å². The Morgan fingerprint density at radius 1 is 1.03 bits per heavy atom. The lowest BCUT2D eigenvalue weighted by atomic mass is 10.00. The quantitative estimate of drug-likeness (QED) is 0.439. The van der Waals surface area contributed by atoms with E-state index in [1.54, 1.807) is 25.3 Å². The molecule has 4 rings (SSSR count). The number of rotatable bonds is 6. The minimum Gasteiger partial charge on any atom is -0.505 e.